The average Bonchev–Trinajstić information content (AvgIpc) is 3.07. The van der Waals surface area contributed by atoms with Crippen LogP contribution >= 0.6 is 27.5 Å². The second-order valence-corrected chi connectivity index (χ2v) is 7.36. The van der Waals surface area contributed by atoms with Crippen LogP contribution in [0.25, 0.3) is 0 Å². The average molecular weight is 455 g/mol. The fourth-order valence-electron chi connectivity index (χ4n) is 2.68. The highest BCUT2D eigenvalue weighted by atomic mass is 79.9. The Morgan fingerprint density at radius 2 is 2.11 bits per heavy atom. The molecule has 0 bridgehead atoms. The van der Waals surface area contributed by atoms with Crippen molar-refractivity contribution in [3.05, 3.63) is 62.7 Å². The summed E-state index contributed by atoms with van der Waals surface area (Å²) in [6, 6.07) is 6.24. The normalized spacial score (nSPS) is 11.0. The van der Waals surface area contributed by atoms with Gasteiger partial charge in [0.05, 0.1) is 23.3 Å². The van der Waals surface area contributed by atoms with Gasteiger partial charge in [-0.15, -0.1) is 0 Å². The number of anilines is 1. The molecule has 0 fully saturated rings. The molecule has 0 aliphatic heterocycles. The van der Waals surface area contributed by atoms with Crippen molar-refractivity contribution < 1.29 is 9.18 Å². The van der Waals surface area contributed by atoms with E-state index in [4.69, 9.17) is 11.6 Å². The summed E-state index contributed by atoms with van der Waals surface area (Å²) in [5, 5.41) is 11.7. The van der Waals surface area contributed by atoms with Gasteiger partial charge in [-0.25, -0.2) is 4.39 Å². The van der Waals surface area contributed by atoms with E-state index in [9.17, 15) is 9.18 Å². The van der Waals surface area contributed by atoms with E-state index in [1.807, 2.05) is 13.8 Å². The lowest BCUT2D eigenvalue weighted by Gasteiger charge is -2.05. The summed E-state index contributed by atoms with van der Waals surface area (Å²) in [5.41, 5.74) is 2.60. The summed E-state index contributed by atoms with van der Waals surface area (Å²) < 4.78 is 17.6. The summed E-state index contributed by atoms with van der Waals surface area (Å²) in [5.74, 6) is -0.237. The minimum atomic E-state index is -0.310. The van der Waals surface area contributed by atoms with Crippen LogP contribution < -0.4 is 5.32 Å². The quantitative estimate of drug-likeness (QED) is 0.603. The summed E-state index contributed by atoms with van der Waals surface area (Å²) >= 11 is 9.62. The fraction of sp³-hybridized carbons (Fsp3) is 0.278. The van der Waals surface area contributed by atoms with E-state index in [1.165, 1.54) is 12.1 Å². The zero-order chi connectivity index (χ0) is 19.6. The molecule has 0 unspecified atom stereocenters. The molecule has 142 valence electrons. The first-order valence-corrected chi connectivity index (χ1v) is 9.47. The van der Waals surface area contributed by atoms with E-state index in [1.54, 1.807) is 27.7 Å². The van der Waals surface area contributed by atoms with Gasteiger partial charge in [-0.3, -0.25) is 14.2 Å². The molecule has 3 rings (SSSR count). The summed E-state index contributed by atoms with van der Waals surface area (Å²) in [6.07, 6.45) is 1.84. The van der Waals surface area contributed by atoms with Crippen molar-refractivity contribution in [1.82, 2.24) is 19.6 Å². The lowest BCUT2D eigenvalue weighted by atomic mass is 10.2. The van der Waals surface area contributed by atoms with Crippen molar-refractivity contribution in [2.75, 3.05) is 5.32 Å². The number of rotatable bonds is 6. The molecular formula is C18H18BrClFN5O. The number of nitrogens with one attached hydrogen (secondary N) is 1. The smallest absolute Gasteiger partial charge is 0.227 e. The van der Waals surface area contributed by atoms with Gasteiger partial charge in [-0.1, -0.05) is 23.7 Å². The van der Waals surface area contributed by atoms with E-state index in [-0.39, 0.29) is 24.0 Å². The number of nitrogens with zero attached hydrogens (tertiary/aromatic N) is 4. The topological polar surface area (TPSA) is 64.7 Å². The van der Waals surface area contributed by atoms with Crippen LogP contribution in [-0.2, 0) is 17.9 Å². The maximum absolute atomic E-state index is 13.3. The molecule has 0 spiro atoms. The maximum atomic E-state index is 13.3. The first-order valence-electron chi connectivity index (χ1n) is 8.30. The number of benzene rings is 1. The molecule has 6 nitrogen and oxygen atoms in total. The second-order valence-electron chi connectivity index (χ2n) is 6.16. The zero-order valence-corrected chi connectivity index (χ0v) is 17.2. The highest BCUT2D eigenvalue weighted by Crippen LogP contribution is 2.22. The molecule has 0 radical (unpaired) electrons. The number of hydrogen-bond acceptors (Lipinski definition) is 3. The molecule has 0 saturated heterocycles. The summed E-state index contributed by atoms with van der Waals surface area (Å²) in [6.45, 7) is 4.64. The van der Waals surface area contributed by atoms with Gasteiger partial charge in [-0.2, -0.15) is 10.2 Å². The first kappa shape index (κ1) is 19.6. The fourth-order valence-corrected chi connectivity index (χ4v) is 3.16. The molecule has 9 heteroatoms. The van der Waals surface area contributed by atoms with Crippen LogP contribution in [0.4, 0.5) is 10.2 Å². The van der Waals surface area contributed by atoms with Crippen LogP contribution in [0.5, 0.6) is 0 Å². The number of aromatic nitrogens is 4. The molecule has 1 N–H and O–H groups in total. The molecule has 0 atom stereocenters. The van der Waals surface area contributed by atoms with Crippen LogP contribution in [0.15, 0.2) is 34.9 Å². The summed E-state index contributed by atoms with van der Waals surface area (Å²) in [4.78, 5) is 12.2. The lowest BCUT2D eigenvalue weighted by molar-refractivity contribution is -0.116. The van der Waals surface area contributed by atoms with E-state index < -0.39 is 0 Å². The van der Waals surface area contributed by atoms with Crippen molar-refractivity contribution >= 4 is 39.3 Å². The first-order chi connectivity index (χ1) is 12.8. The lowest BCUT2D eigenvalue weighted by Crippen LogP contribution is -2.16. The van der Waals surface area contributed by atoms with E-state index >= 15 is 0 Å². The van der Waals surface area contributed by atoms with Crippen LogP contribution in [0.3, 0.4) is 0 Å². The second kappa shape index (κ2) is 8.22. The molecule has 0 saturated carbocycles. The van der Waals surface area contributed by atoms with Gasteiger partial charge in [0.1, 0.15) is 10.8 Å². The minimum Gasteiger partial charge on any atom is -0.308 e. The zero-order valence-electron chi connectivity index (χ0n) is 14.8. The van der Waals surface area contributed by atoms with Crippen molar-refractivity contribution in [2.24, 2.45) is 0 Å². The van der Waals surface area contributed by atoms with E-state index in [0.29, 0.717) is 18.1 Å². The molecule has 2 aromatic heterocycles. The van der Waals surface area contributed by atoms with Crippen LogP contribution in [0, 0.1) is 19.7 Å². The standard InChI is InChI=1S/C18H18BrClFN5O/c1-11-17(19)12(2)26(23-11)7-6-16(27)22-18-15(20)10-25(24-18)9-13-4-3-5-14(21)8-13/h3-5,8,10H,6-7,9H2,1-2H3,(H,22,24,27). The Morgan fingerprint density at radius 3 is 2.78 bits per heavy atom. The van der Waals surface area contributed by atoms with Gasteiger partial charge in [0.15, 0.2) is 5.82 Å². The molecule has 2 heterocycles. The third-order valence-electron chi connectivity index (χ3n) is 4.05. The third-order valence-corrected chi connectivity index (χ3v) is 5.48. The van der Waals surface area contributed by atoms with Crippen molar-refractivity contribution in [3.8, 4) is 0 Å². The number of amides is 1. The Morgan fingerprint density at radius 1 is 1.33 bits per heavy atom. The predicted molar refractivity (Wildman–Crippen MR) is 105 cm³/mol. The van der Waals surface area contributed by atoms with Gasteiger partial charge in [0, 0.05) is 18.3 Å². The highest BCUT2D eigenvalue weighted by molar-refractivity contribution is 9.10. The Hall–Kier alpha value is -2.19. The van der Waals surface area contributed by atoms with Crippen LogP contribution in [0.1, 0.15) is 23.4 Å². The van der Waals surface area contributed by atoms with Gasteiger partial charge in [-0.05, 0) is 47.5 Å². The number of aryl methyl sites for hydroxylation is 2. The number of hydrogen-bond donors (Lipinski definition) is 1. The molecule has 1 aromatic carbocycles. The molecule has 1 amide bonds. The van der Waals surface area contributed by atoms with Gasteiger partial charge in [0.25, 0.3) is 0 Å². The summed E-state index contributed by atoms with van der Waals surface area (Å²) in [7, 11) is 0. The van der Waals surface area contributed by atoms with Crippen molar-refractivity contribution in [2.45, 2.75) is 33.4 Å². The van der Waals surface area contributed by atoms with Crippen LogP contribution in [-0.4, -0.2) is 25.5 Å². The van der Waals surface area contributed by atoms with Gasteiger partial charge < -0.3 is 5.32 Å². The third kappa shape index (κ3) is 4.75. The number of carbonyl (C=O) groups excluding carboxylic acids is 1. The van der Waals surface area contributed by atoms with Crippen LogP contribution in [0.2, 0.25) is 5.02 Å². The minimum absolute atomic E-state index is 0.211. The molecule has 0 aliphatic rings. The Bertz CT molecular complexity index is 984. The maximum Gasteiger partial charge on any atom is 0.227 e. The molecular weight excluding hydrogens is 437 g/mol. The highest BCUT2D eigenvalue weighted by Gasteiger charge is 2.13. The van der Waals surface area contributed by atoms with Crippen molar-refractivity contribution in [1.29, 1.82) is 0 Å². The monoisotopic (exact) mass is 453 g/mol. The Labute approximate surface area is 169 Å². The molecule has 3 aromatic rings. The Balaban J connectivity index is 1.61. The predicted octanol–water partition coefficient (Wildman–Crippen LogP) is 4.33. The van der Waals surface area contributed by atoms with E-state index in [2.05, 4.69) is 31.4 Å². The number of halogens is 3. The number of carbonyl (C=O) groups is 1. The van der Waals surface area contributed by atoms with E-state index in [0.717, 1.165) is 21.4 Å². The van der Waals surface area contributed by atoms with Gasteiger partial charge in [0.2, 0.25) is 5.91 Å². The molecule has 27 heavy (non-hydrogen) atoms. The largest absolute Gasteiger partial charge is 0.308 e. The SMILES string of the molecule is Cc1nn(CCC(=O)Nc2nn(Cc3cccc(F)c3)cc2Cl)c(C)c1Br. The molecule has 0 aliphatic carbocycles. The van der Waals surface area contributed by atoms with Crippen molar-refractivity contribution in [3.63, 3.8) is 0 Å². The van der Waals surface area contributed by atoms with Gasteiger partial charge >= 0.3 is 0 Å². The Kier molecular flexibility index (Phi) is 5.96.